The van der Waals surface area contributed by atoms with Crippen LogP contribution in [0.25, 0.3) is 0 Å². The van der Waals surface area contributed by atoms with Crippen molar-refractivity contribution in [2.75, 3.05) is 13.2 Å². The van der Waals surface area contributed by atoms with Crippen LogP contribution in [0.4, 0.5) is 0 Å². The van der Waals surface area contributed by atoms with E-state index in [0.717, 1.165) is 16.7 Å². The minimum Gasteiger partial charge on any atom is -0.395 e. The van der Waals surface area contributed by atoms with Gasteiger partial charge in [0, 0.05) is 37.3 Å². The molecule has 2 unspecified atom stereocenters. The highest BCUT2D eigenvalue weighted by atomic mass is 16.3. The standard InChI is InChI=1S/C25H27N3O4/c1-17-5-3-4-6-21(17)22(15-23(27-32)20-11-12-24(30)28(2)16-20)18-7-9-19(10-8-18)25(31)26-13-14-29/h3-12,16,22-23,29H,13-15H2,1-2H3,(H,26,31). The van der Waals surface area contributed by atoms with Crippen LogP contribution in [0.5, 0.6) is 0 Å². The van der Waals surface area contributed by atoms with Crippen LogP contribution in [0.2, 0.25) is 0 Å². The number of aryl methyl sites for hydroxylation is 2. The number of aliphatic hydroxyl groups excluding tert-OH is 1. The third-order valence-corrected chi connectivity index (χ3v) is 5.62. The number of nitroso groups, excluding NO2 is 1. The first-order valence-corrected chi connectivity index (χ1v) is 10.5. The maximum atomic E-state index is 12.2. The second kappa shape index (κ2) is 10.6. The highest BCUT2D eigenvalue weighted by Gasteiger charge is 2.24. The number of carbonyl (C=O) groups excluding carboxylic acids is 1. The summed E-state index contributed by atoms with van der Waals surface area (Å²) in [4.78, 5) is 35.7. The average molecular weight is 434 g/mol. The molecule has 32 heavy (non-hydrogen) atoms. The van der Waals surface area contributed by atoms with E-state index in [9.17, 15) is 14.5 Å². The Morgan fingerprint density at radius 1 is 1.06 bits per heavy atom. The van der Waals surface area contributed by atoms with Gasteiger partial charge in [-0.25, -0.2) is 0 Å². The van der Waals surface area contributed by atoms with Crippen LogP contribution >= 0.6 is 0 Å². The number of aromatic nitrogens is 1. The molecule has 1 aromatic heterocycles. The van der Waals surface area contributed by atoms with Crippen molar-refractivity contribution in [3.05, 3.63) is 110 Å². The van der Waals surface area contributed by atoms with Crippen molar-refractivity contribution in [2.45, 2.75) is 25.3 Å². The molecular formula is C25H27N3O4. The van der Waals surface area contributed by atoms with Gasteiger partial charge in [-0.3, -0.25) is 9.59 Å². The number of carbonyl (C=O) groups is 1. The van der Waals surface area contributed by atoms with E-state index in [2.05, 4.69) is 10.5 Å². The van der Waals surface area contributed by atoms with Gasteiger partial charge in [-0.2, -0.15) is 4.91 Å². The molecule has 1 amide bonds. The Bertz CT molecular complexity index is 1140. The normalized spacial score (nSPS) is 12.7. The lowest BCUT2D eigenvalue weighted by molar-refractivity contribution is 0.0944. The van der Waals surface area contributed by atoms with Crippen molar-refractivity contribution in [3.63, 3.8) is 0 Å². The molecule has 0 aliphatic rings. The first-order valence-electron chi connectivity index (χ1n) is 10.5. The van der Waals surface area contributed by atoms with E-state index >= 15 is 0 Å². The molecule has 0 saturated heterocycles. The third-order valence-electron chi connectivity index (χ3n) is 5.62. The quantitative estimate of drug-likeness (QED) is 0.505. The Labute approximate surface area is 186 Å². The van der Waals surface area contributed by atoms with Gasteiger partial charge < -0.3 is 15.0 Å². The molecule has 166 valence electrons. The van der Waals surface area contributed by atoms with E-state index in [1.165, 1.54) is 10.6 Å². The molecule has 2 atom stereocenters. The molecule has 0 radical (unpaired) electrons. The van der Waals surface area contributed by atoms with Crippen molar-refractivity contribution >= 4 is 5.91 Å². The SMILES string of the molecule is Cc1ccccc1C(CC(N=O)c1ccc(=O)n(C)c1)c1ccc(C(=O)NCCO)cc1. The summed E-state index contributed by atoms with van der Waals surface area (Å²) in [7, 11) is 1.65. The minimum absolute atomic E-state index is 0.121. The highest BCUT2D eigenvalue weighted by Crippen LogP contribution is 2.37. The second-order valence-electron chi connectivity index (χ2n) is 7.78. The second-order valence-corrected chi connectivity index (χ2v) is 7.78. The molecule has 3 aromatic rings. The molecule has 1 heterocycles. The summed E-state index contributed by atoms with van der Waals surface area (Å²) in [5.74, 6) is -0.388. The number of aliphatic hydroxyl groups is 1. The zero-order valence-corrected chi connectivity index (χ0v) is 18.2. The molecule has 7 nitrogen and oxygen atoms in total. The Kier molecular flexibility index (Phi) is 7.68. The van der Waals surface area contributed by atoms with Crippen LogP contribution < -0.4 is 10.9 Å². The van der Waals surface area contributed by atoms with Crippen molar-refractivity contribution in [2.24, 2.45) is 12.2 Å². The molecule has 2 aromatic carbocycles. The number of hydrogen-bond acceptors (Lipinski definition) is 5. The van der Waals surface area contributed by atoms with Crippen molar-refractivity contribution in [1.82, 2.24) is 9.88 Å². The predicted octanol–water partition coefficient (Wildman–Crippen LogP) is 3.45. The molecule has 0 bridgehead atoms. The van der Waals surface area contributed by atoms with E-state index in [4.69, 9.17) is 5.11 Å². The summed E-state index contributed by atoms with van der Waals surface area (Å²) in [6.07, 6.45) is 2.07. The van der Waals surface area contributed by atoms with Crippen LogP contribution in [0.3, 0.4) is 0 Å². The Hall–Kier alpha value is -3.58. The van der Waals surface area contributed by atoms with Gasteiger partial charge in [-0.15, -0.1) is 0 Å². The first kappa shape index (κ1) is 23.1. The maximum Gasteiger partial charge on any atom is 0.251 e. The zero-order chi connectivity index (χ0) is 23.1. The molecule has 2 N–H and O–H groups in total. The summed E-state index contributed by atoms with van der Waals surface area (Å²) in [5.41, 5.74) is 4.14. The third kappa shape index (κ3) is 5.36. The molecule has 0 saturated carbocycles. The zero-order valence-electron chi connectivity index (χ0n) is 18.2. The van der Waals surface area contributed by atoms with Gasteiger partial charge in [-0.1, -0.05) is 41.6 Å². The lowest BCUT2D eigenvalue weighted by Crippen LogP contribution is -2.26. The molecular weight excluding hydrogens is 406 g/mol. The highest BCUT2D eigenvalue weighted by molar-refractivity contribution is 5.94. The Morgan fingerprint density at radius 2 is 1.75 bits per heavy atom. The van der Waals surface area contributed by atoms with Gasteiger partial charge in [0.25, 0.3) is 5.91 Å². The maximum absolute atomic E-state index is 12.2. The largest absolute Gasteiger partial charge is 0.395 e. The average Bonchev–Trinajstić information content (AvgIpc) is 2.81. The topological polar surface area (TPSA) is 101 Å². The molecule has 0 aliphatic carbocycles. The Balaban J connectivity index is 1.96. The van der Waals surface area contributed by atoms with Gasteiger partial charge in [0.2, 0.25) is 5.56 Å². The van der Waals surface area contributed by atoms with Crippen molar-refractivity contribution in [3.8, 4) is 0 Å². The number of benzene rings is 2. The van der Waals surface area contributed by atoms with Crippen LogP contribution in [-0.2, 0) is 7.05 Å². The van der Waals surface area contributed by atoms with Gasteiger partial charge >= 0.3 is 0 Å². The molecule has 0 aliphatic heterocycles. The lowest BCUT2D eigenvalue weighted by atomic mass is 9.82. The lowest BCUT2D eigenvalue weighted by Gasteiger charge is -2.23. The van der Waals surface area contributed by atoms with Crippen LogP contribution in [0, 0.1) is 11.8 Å². The number of hydrogen-bond donors (Lipinski definition) is 2. The summed E-state index contributed by atoms with van der Waals surface area (Å²) < 4.78 is 1.44. The number of amides is 1. The molecule has 0 spiro atoms. The summed E-state index contributed by atoms with van der Waals surface area (Å²) >= 11 is 0. The fourth-order valence-corrected chi connectivity index (χ4v) is 3.83. The molecule has 0 fully saturated rings. The minimum atomic E-state index is -0.640. The number of rotatable bonds is 9. The van der Waals surface area contributed by atoms with E-state index in [1.54, 1.807) is 31.4 Å². The van der Waals surface area contributed by atoms with Gasteiger partial charge in [-0.05, 0) is 53.8 Å². The smallest absolute Gasteiger partial charge is 0.251 e. The van der Waals surface area contributed by atoms with E-state index in [-0.39, 0.29) is 30.5 Å². The molecule has 3 rings (SSSR count). The van der Waals surface area contributed by atoms with Crippen LogP contribution in [0.1, 0.15) is 51.0 Å². The van der Waals surface area contributed by atoms with E-state index in [1.807, 2.05) is 43.3 Å². The van der Waals surface area contributed by atoms with Crippen LogP contribution in [-0.4, -0.2) is 28.7 Å². The number of nitrogens with one attached hydrogen (secondary N) is 1. The fraction of sp³-hybridized carbons (Fsp3) is 0.280. The van der Waals surface area contributed by atoms with Crippen LogP contribution in [0.15, 0.2) is 76.8 Å². The van der Waals surface area contributed by atoms with E-state index < -0.39 is 6.04 Å². The summed E-state index contributed by atoms with van der Waals surface area (Å²) in [5, 5.41) is 14.9. The van der Waals surface area contributed by atoms with Gasteiger partial charge in [0.1, 0.15) is 6.04 Å². The van der Waals surface area contributed by atoms with E-state index in [0.29, 0.717) is 17.5 Å². The summed E-state index contributed by atoms with van der Waals surface area (Å²) in [6, 6.07) is 17.7. The Morgan fingerprint density at radius 3 is 2.38 bits per heavy atom. The van der Waals surface area contributed by atoms with Gasteiger partial charge in [0.05, 0.1) is 6.61 Å². The monoisotopic (exact) mass is 433 g/mol. The van der Waals surface area contributed by atoms with Crippen molar-refractivity contribution < 1.29 is 9.90 Å². The molecule has 7 heteroatoms. The summed E-state index contributed by atoms with van der Waals surface area (Å²) in [6.45, 7) is 2.09. The number of nitrogens with zero attached hydrogens (tertiary/aromatic N) is 2. The van der Waals surface area contributed by atoms with Gasteiger partial charge in [0.15, 0.2) is 0 Å². The van der Waals surface area contributed by atoms with Crippen molar-refractivity contribution in [1.29, 1.82) is 0 Å². The fourth-order valence-electron chi connectivity index (χ4n) is 3.83. The first-order chi connectivity index (χ1) is 15.4. The predicted molar refractivity (Wildman–Crippen MR) is 124 cm³/mol. The number of pyridine rings is 1.